The molecule has 1 fully saturated rings. The molecule has 108 valence electrons. The predicted molar refractivity (Wildman–Crippen MR) is 87.9 cm³/mol. The average molecular weight is 310 g/mol. The Labute approximate surface area is 128 Å². The van der Waals surface area contributed by atoms with Gasteiger partial charge in [0.15, 0.2) is 0 Å². The number of benzene rings is 1. The number of fused-ring (bicyclic) bond motifs is 1. The highest BCUT2D eigenvalue weighted by molar-refractivity contribution is 7.16. The topological polar surface area (TPSA) is 28.2 Å². The summed E-state index contributed by atoms with van der Waals surface area (Å²) < 4.78 is 1.19. The molecule has 3 unspecified atom stereocenters. The fourth-order valence-corrected chi connectivity index (χ4v) is 3.86. The largest absolute Gasteiger partial charge is 0.379 e. The van der Waals surface area contributed by atoms with Gasteiger partial charge in [0.05, 0.1) is 20.9 Å². The molecule has 1 saturated heterocycles. The number of hydrogen-bond acceptors (Lipinski definition) is 4. The van der Waals surface area contributed by atoms with E-state index in [1.165, 1.54) is 4.70 Å². The number of likely N-dealkylation sites (tertiary alicyclic amines) is 1. The molecule has 2 heterocycles. The maximum Gasteiger partial charge on any atom is 0.106 e. The van der Waals surface area contributed by atoms with Crippen molar-refractivity contribution in [1.82, 2.24) is 9.88 Å². The molecule has 0 aliphatic carbocycles. The summed E-state index contributed by atoms with van der Waals surface area (Å²) in [7, 11) is 2.20. The van der Waals surface area contributed by atoms with E-state index in [2.05, 4.69) is 36.1 Å². The molecule has 3 atom stereocenters. The average Bonchev–Trinajstić information content (AvgIpc) is 2.87. The fourth-order valence-electron chi connectivity index (χ4n) is 2.97. The van der Waals surface area contributed by atoms with E-state index in [9.17, 15) is 0 Å². The van der Waals surface area contributed by atoms with Gasteiger partial charge in [0.25, 0.3) is 0 Å². The summed E-state index contributed by atoms with van der Waals surface area (Å²) in [6.45, 7) is 5.70. The fraction of sp³-hybridized carbons (Fsp3) is 0.533. The molecule has 0 amide bonds. The van der Waals surface area contributed by atoms with Gasteiger partial charge in [0, 0.05) is 18.6 Å². The van der Waals surface area contributed by atoms with Crippen LogP contribution in [0.1, 0.15) is 20.3 Å². The highest BCUT2D eigenvalue weighted by Crippen LogP contribution is 2.34. The summed E-state index contributed by atoms with van der Waals surface area (Å²) in [5, 5.41) is 4.43. The molecule has 5 heteroatoms. The number of piperidine rings is 1. The van der Waals surface area contributed by atoms with Crippen LogP contribution in [-0.4, -0.2) is 35.6 Å². The first-order chi connectivity index (χ1) is 9.56. The number of nitrogens with one attached hydrogen (secondary N) is 1. The van der Waals surface area contributed by atoms with Gasteiger partial charge in [-0.05, 0) is 38.4 Å². The van der Waals surface area contributed by atoms with Crippen LogP contribution in [0, 0.1) is 5.92 Å². The van der Waals surface area contributed by atoms with E-state index in [0.717, 1.165) is 29.2 Å². The minimum Gasteiger partial charge on any atom is -0.379 e. The van der Waals surface area contributed by atoms with E-state index in [1.54, 1.807) is 11.3 Å². The van der Waals surface area contributed by atoms with Gasteiger partial charge in [-0.25, -0.2) is 4.98 Å². The maximum absolute atomic E-state index is 6.38. The Morgan fingerprint density at radius 2 is 2.20 bits per heavy atom. The lowest BCUT2D eigenvalue weighted by Crippen LogP contribution is -2.48. The van der Waals surface area contributed by atoms with Crippen LogP contribution in [0.2, 0.25) is 5.02 Å². The zero-order valence-electron chi connectivity index (χ0n) is 12.1. The molecule has 3 rings (SSSR count). The Balaban J connectivity index is 1.89. The van der Waals surface area contributed by atoms with E-state index in [-0.39, 0.29) is 0 Å². The second kappa shape index (κ2) is 5.51. The Hall–Kier alpha value is -0.840. The number of nitrogens with zero attached hydrogens (tertiary/aromatic N) is 2. The van der Waals surface area contributed by atoms with E-state index in [4.69, 9.17) is 11.6 Å². The van der Waals surface area contributed by atoms with Gasteiger partial charge in [-0.3, -0.25) is 0 Å². The Bertz CT molecular complexity index is 612. The standard InChI is InChI=1S/C15H20ClN3S/c1-9-7-19(3)10(2)6-12(9)18-14-11(16)4-5-13-15(14)17-8-20-13/h4-5,8-10,12,18H,6-7H2,1-3H3. The summed E-state index contributed by atoms with van der Waals surface area (Å²) in [5.74, 6) is 0.598. The van der Waals surface area contributed by atoms with E-state index < -0.39 is 0 Å². The summed E-state index contributed by atoms with van der Waals surface area (Å²) >= 11 is 8.04. The van der Waals surface area contributed by atoms with Gasteiger partial charge in [-0.2, -0.15) is 0 Å². The molecule has 1 aliphatic rings. The maximum atomic E-state index is 6.38. The molecule has 1 aliphatic heterocycles. The van der Waals surface area contributed by atoms with Crippen molar-refractivity contribution in [3.8, 4) is 0 Å². The highest BCUT2D eigenvalue weighted by Gasteiger charge is 2.29. The Morgan fingerprint density at radius 3 is 3.00 bits per heavy atom. The van der Waals surface area contributed by atoms with E-state index in [0.29, 0.717) is 18.0 Å². The molecule has 0 spiro atoms. The lowest BCUT2D eigenvalue weighted by molar-refractivity contribution is 0.146. The highest BCUT2D eigenvalue weighted by atomic mass is 35.5. The molecular weight excluding hydrogens is 290 g/mol. The van der Waals surface area contributed by atoms with Crippen molar-refractivity contribution in [2.24, 2.45) is 5.92 Å². The lowest BCUT2D eigenvalue weighted by atomic mass is 9.89. The van der Waals surface area contributed by atoms with Crippen LogP contribution in [0.5, 0.6) is 0 Å². The smallest absolute Gasteiger partial charge is 0.106 e. The van der Waals surface area contributed by atoms with Gasteiger partial charge in [-0.1, -0.05) is 18.5 Å². The molecule has 0 bridgehead atoms. The van der Waals surface area contributed by atoms with Gasteiger partial charge < -0.3 is 10.2 Å². The molecule has 1 N–H and O–H groups in total. The number of rotatable bonds is 2. The second-order valence-electron chi connectivity index (χ2n) is 5.87. The first-order valence-electron chi connectivity index (χ1n) is 7.04. The minimum atomic E-state index is 0.450. The number of aromatic nitrogens is 1. The first kappa shape index (κ1) is 14.1. The van der Waals surface area contributed by atoms with Crippen molar-refractivity contribution in [3.05, 3.63) is 22.7 Å². The third-order valence-corrected chi connectivity index (χ3v) is 5.50. The zero-order valence-corrected chi connectivity index (χ0v) is 13.6. The Morgan fingerprint density at radius 1 is 1.40 bits per heavy atom. The van der Waals surface area contributed by atoms with Crippen LogP contribution >= 0.6 is 22.9 Å². The van der Waals surface area contributed by atoms with Crippen LogP contribution in [0.15, 0.2) is 17.6 Å². The number of hydrogen-bond donors (Lipinski definition) is 1. The summed E-state index contributed by atoms with van der Waals surface area (Å²) in [4.78, 5) is 6.89. The monoisotopic (exact) mass is 309 g/mol. The third-order valence-electron chi connectivity index (χ3n) is 4.39. The molecule has 3 nitrogen and oxygen atoms in total. The number of halogens is 1. The Kier molecular flexibility index (Phi) is 3.89. The van der Waals surface area contributed by atoms with Crippen molar-refractivity contribution in [2.75, 3.05) is 18.9 Å². The summed E-state index contributed by atoms with van der Waals surface area (Å²) in [6.07, 6.45) is 1.13. The first-order valence-corrected chi connectivity index (χ1v) is 8.30. The van der Waals surface area contributed by atoms with Crippen LogP contribution in [0.4, 0.5) is 5.69 Å². The van der Waals surface area contributed by atoms with Gasteiger partial charge in [0.2, 0.25) is 0 Å². The van der Waals surface area contributed by atoms with Gasteiger partial charge in [0.1, 0.15) is 5.52 Å². The van der Waals surface area contributed by atoms with Crippen molar-refractivity contribution in [3.63, 3.8) is 0 Å². The summed E-state index contributed by atoms with van der Waals surface area (Å²) in [6, 6.07) is 5.05. The molecule has 0 saturated carbocycles. The minimum absolute atomic E-state index is 0.450. The van der Waals surface area contributed by atoms with E-state index >= 15 is 0 Å². The lowest BCUT2D eigenvalue weighted by Gasteiger charge is -2.40. The second-order valence-corrected chi connectivity index (χ2v) is 7.17. The number of anilines is 1. The quantitative estimate of drug-likeness (QED) is 0.905. The summed E-state index contributed by atoms with van der Waals surface area (Å²) in [5.41, 5.74) is 3.88. The molecule has 1 aromatic carbocycles. The van der Waals surface area contributed by atoms with Gasteiger partial charge >= 0.3 is 0 Å². The van der Waals surface area contributed by atoms with E-state index in [1.807, 2.05) is 17.6 Å². The van der Waals surface area contributed by atoms with Crippen molar-refractivity contribution >= 4 is 38.8 Å². The molecule has 1 aromatic heterocycles. The zero-order chi connectivity index (χ0) is 14.3. The predicted octanol–water partition coefficient (Wildman–Crippen LogP) is 4.09. The normalized spacial score (nSPS) is 27.9. The van der Waals surface area contributed by atoms with Crippen molar-refractivity contribution < 1.29 is 0 Å². The van der Waals surface area contributed by atoms with Crippen molar-refractivity contribution in [1.29, 1.82) is 0 Å². The molecular formula is C15H20ClN3S. The van der Waals surface area contributed by atoms with Gasteiger partial charge in [-0.15, -0.1) is 11.3 Å². The SMILES string of the molecule is CC1CN(C)C(C)CC1Nc1c(Cl)ccc2scnc12. The number of thiazole rings is 1. The molecule has 0 radical (unpaired) electrons. The van der Waals surface area contributed by atoms with Crippen molar-refractivity contribution in [2.45, 2.75) is 32.4 Å². The van der Waals surface area contributed by atoms with Crippen LogP contribution in [0.25, 0.3) is 10.2 Å². The van der Waals surface area contributed by atoms with Crippen LogP contribution < -0.4 is 5.32 Å². The third kappa shape index (κ3) is 2.52. The molecule has 20 heavy (non-hydrogen) atoms. The molecule has 2 aromatic rings. The van der Waals surface area contributed by atoms with Crippen LogP contribution in [0.3, 0.4) is 0 Å². The van der Waals surface area contributed by atoms with Crippen LogP contribution in [-0.2, 0) is 0 Å².